The van der Waals surface area contributed by atoms with Gasteiger partial charge in [0.2, 0.25) is 0 Å². The van der Waals surface area contributed by atoms with E-state index < -0.39 is 0 Å². The van der Waals surface area contributed by atoms with Crippen LogP contribution in [0.15, 0.2) is 18.5 Å². The van der Waals surface area contributed by atoms with Crippen molar-refractivity contribution in [3.63, 3.8) is 0 Å². The Labute approximate surface area is 84.5 Å². The largest absolute Gasteiger partial charge is 0.380 e. The van der Waals surface area contributed by atoms with E-state index in [1.165, 1.54) is 11.1 Å². The summed E-state index contributed by atoms with van der Waals surface area (Å²) < 4.78 is 5.30. The average Bonchev–Trinajstić information content (AvgIpc) is 2.69. The zero-order chi connectivity index (χ0) is 9.80. The molecule has 3 nitrogen and oxygen atoms in total. The quantitative estimate of drug-likeness (QED) is 0.783. The Bertz CT molecular complexity index is 295. The molecule has 1 saturated heterocycles. The van der Waals surface area contributed by atoms with E-state index in [4.69, 9.17) is 4.74 Å². The standard InChI is InChI=1S/C11H16N2O/c1-9-2-4-12-6-10(9)7-13-11-3-5-14-8-11/h2,4,6,11,13H,3,5,7-8H2,1H3. The molecule has 1 aromatic rings. The summed E-state index contributed by atoms with van der Waals surface area (Å²) in [5.41, 5.74) is 2.57. The molecule has 0 aromatic carbocycles. The van der Waals surface area contributed by atoms with Crippen LogP contribution in [0.4, 0.5) is 0 Å². The molecule has 1 aliphatic heterocycles. The first-order valence-corrected chi connectivity index (χ1v) is 5.07. The van der Waals surface area contributed by atoms with Gasteiger partial charge >= 0.3 is 0 Å². The van der Waals surface area contributed by atoms with Crippen molar-refractivity contribution in [3.8, 4) is 0 Å². The van der Waals surface area contributed by atoms with Gasteiger partial charge in [0, 0.05) is 31.6 Å². The number of aryl methyl sites for hydroxylation is 1. The number of nitrogens with one attached hydrogen (secondary N) is 1. The number of ether oxygens (including phenoxy) is 1. The maximum absolute atomic E-state index is 5.30. The lowest BCUT2D eigenvalue weighted by Gasteiger charge is -2.11. The summed E-state index contributed by atoms with van der Waals surface area (Å²) in [5, 5.41) is 3.47. The number of rotatable bonds is 3. The maximum atomic E-state index is 5.30. The van der Waals surface area contributed by atoms with Gasteiger partial charge in [-0.1, -0.05) is 0 Å². The van der Waals surface area contributed by atoms with E-state index >= 15 is 0 Å². The van der Waals surface area contributed by atoms with E-state index in [1.807, 2.05) is 18.5 Å². The van der Waals surface area contributed by atoms with Gasteiger partial charge < -0.3 is 10.1 Å². The van der Waals surface area contributed by atoms with Crippen LogP contribution in [-0.4, -0.2) is 24.2 Å². The van der Waals surface area contributed by atoms with Crippen molar-refractivity contribution in [1.82, 2.24) is 10.3 Å². The summed E-state index contributed by atoms with van der Waals surface area (Å²) in [6.07, 6.45) is 4.88. The SMILES string of the molecule is Cc1ccncc1CNC1CCOC1. The summed E-state index contributed by atoms with van der Waals surface area (Å²) in [4.78, 5) is 4.12. The van der Waals surface area contributed by atoms with E-state index in [0.717, 1.165) is 26.2 Å². The van der Waals surface area contributed by atoms with Gasteiger partial charge in [-0.2, -0.15) is 0 Å². The lowest BCUT2D eigenvalue weighted by atomic mass is 10.1. The molecule has 0 spiro atoms. The molecule has 1 N–H and O–H groups in total. The van der Waals surface area contributed by atoms with E-state index in [0.29, 0.717) is 6.04 Å². The van der Waals surface area contributed by atoms with Crippen LogP contribution in [0.2, 0.25) is 0 Å². The molecule has 1 unspecified atom stereocenters. The molecular weight excluding hydrogens is 176 g/mol. The number of hydrogen-bond acceptors (Lipinski definition) is 3. The summed E-state index contributed by atoms with van der Waals surface area (Å²) >= 11 is 0. The fourth-order valence-corrected chi connectivity index (χ4v) is 1.63. The molecule has 0 bridgehead atoms. The van der Waals surface area contributed by atoms with Gasteiger partial charge in [-0.05, 0) is 30.5 Å². The van der Waals surface area contributed by atoms with Crippen molar-refractivity contribution in [3.05, 3.63) is 29.6 Å². The molecule has 0 aliphatic carbocycles. The summed E-state index contributed by atoms with van der Waals surface area (Å²) in [6, 6.07) is 2.57. The van der Waals surface area contributed by atoms with Gasteiger partial charge in [-0.25, -0.2) is 0 Å². The van der Waals surface area contributed by atoms with Gasteiger partial charge in [0.1, 0.15) is 0 Å². The van der Waals surface area contributed by atoms with Crippen molar-refractivity contribution in [2.75, 3.05) is 13.2 Å². The van der Waals surface area contributed by atoms with E-state index in [1.54, 1.807) is 0 Å². The fourth-order valence-electron chi connectivity index (χ4n) is 1.63. The molecule has 2 heterocycles. The van der Waals surface area contributed by atoms with Crippen LogP contribution in [0.3, 0.4) is 0 Å². The molecule has 2 rings (SSSR count). The van der Waals surface area contributed by atoms with Crippen LogP contribution in [0.25, 0.3) is 0 Å². The molecule has 14 heavy (non-hydrogen) atoms. The van der Waals surface area contributed by atoms with Crippen molar-refractivity contribution in [1.29, 1.82) is 0 Å². The zero-order valence-corrected chi connectivity index (χ0v) is 8.49. The fraction of sp³-hybridized carbons (Fsp3) is 0.545. The van der Waals surface area contributed by atoms with Gasteiger partial charge in [0.15, 0.2) is 0 Å². The van der Waals surface area contributed by atoms with E-state index in [-0.39, 0.29) is 0 Å². The molecule has 1 atom stereocenters. The Balaban J connectivity index is 1.88. The topological polar surface area (TPSA) is 34.2 Å². The summed E-state index contributed by atoms with van der Waals surface area (Å²) in [5.74, 6) is 0. The third kappa shape index (κ3) is 2.30. The Morgan fingerprint density at radius 3 is 3.29 bits per heavy atom. The molecule has 1 aromatic heterocycles. The smallest absolute Gasteiger partial charge is 0.0620 e. The Morgan fingerprint density at radius 2 is 2.57 bits per heavy atom. The molecule has 76 valence electrons. The predicted octanol–water partition coefficient (Wildman–Crippen LogP) is 1.27. The van der Waals surface area contributed by atoms with Gasteiger partial charge in [0.05, 0.1) is 6.61 Å². The summed E-state index contributed by atoms with van der Waals surface area (Å²) in [6.45, 7) is 4.75. The minimum atomic E-state index is 0.523. The van der Waals surface area contributed by atoms with Crippen LogP contribution in [0, 0.1) is 6.92 Å². The molecule has 1 aliphatic rings. The highest BCUT2D eigenvalue weighted by atomic mass is 16.5. The average molecular weight is 192 g/mol. The second kappa shape index (κ2) is 4.53. The van der Waals surface area contributed by atoms with Crippen LogP contribution in [-0.2, 0) is 11.3 Å². The molecular formula is C11H16N2O. The number of nitrogens with zero attached hydrogens (tertiary/aromatic N) is 1. The number of hydrogen-bond donors (Lipinski definition) is 1. The Hall–Kier alpha value is -0.930. The first kappa shape index (κ1) is 9.62. The highest BCUT2D eigenvalue weighted by Gasteiger charge is 2.14. The first-order valence-electron chi connectivity index (χ1n) is 5.07. The van der Waals surface area contributed by atoms with E-state index in [2.05, 4.69) is 17.2 Å². The van der Waals surface area contributed by atoms with Crippen LogP contribution in [0.5, 0.6) is 0 Å². The number of pyridine rings is 1. The maximum Gasteiger partial charge on any atom is 0.0620 e. The van der Waals surface area contributed by atoms with Gasteiger partial charge in [-0.15, -0.1) is 0 Å². The Kier molecular flexibility index (Phi) is 3.11. The molecule has 3 heteroatoms. The number of aromatic nitrogens is 1. The zero-order valence-electron chi connectivity index (χ0n) is 8.49. The van der Waals surface area contributed by atoms with Crippen LogP contribution in [0.1, 0.15) is 17.5 Å². The third-order valence-electron chi connectivity index (χ3n) is 2.66. The van der Waals surface area contributed by atoms with E-state index in [9.17, 15) is 0 Å². The van der Waals surface area contributed by atoms with Crippen LogP contribution >= 0.6 is 0 Å². The minimum absolute atomic E-state index is 0.523. The molecule has 0 saturated carbocycles. The molecule has 0 radical (unpaired) electrons. The normalized spacial score (nSPS) is 21.4. The highest BCUT2D eigenvalue weighted by molar-refractivity contribution is 5.21. The van der Waals surface area contributed by atoms with Crippen LogP contribution < -0.4 is 5.32 Å². The molecule has 0 amide bonds. The van der Waals surface area contributed by atoms with Crippen molar-refractivity contribution in [2.24, 2.45) is 0 Å². The predicted molar refractivity (Wildman–Crippen MR) is 55.0 cm³/mol. The summed E-state index contributed by atoms with van der Waals surface area (Å²) in [7, 11) is 0. The van der Waals surface area contributed by atoms with Crippen molar-refractivity contribution in [2.45, 2.75) is 25.9 Å². The first-order chi connectivity index (χ1) is 6.86. The van der Waals surface area contributed by atoms with Gasteiger partial charge in [0.25, 0.3) is 0 Å². The van der Waals surface area contributed by atoms with Gasteiger partial charge in [-0.3, -0.25) is 4.98 Å². The van der Waals surface area contributed by atoms with Crippen molar-refractivity contribution < 1.29 is 4.74 Å². The monoisotopic (exact) mass is 192 g/mol. The minimum Gasteiger partial charge on any atom is -0.380 e. The lowest BCUT2D eigenvalue weighted by Crippen LogP contribution is -2.28. The Morgan fingerprint density at radius 1 is 1.64 bits per heavy atom. The second-order valence-electron chi connectivity index (χ2n) is 3.74. The van der Waals surface area contributed by atoms with Crippen molar-refractivity contribution >= 4 is 0 Å². The third-order valence-corrected chi connectivity index (χ3v) is 2.66. The molecule has 1 fully saturated rings. The highest BCUT2D eigenvalue weighted by Crippen LogP contribution is 2.07. The second-order valence-corrected chi connectivity index (χ2v) is 3.74. The lowest BCUT2D eigenvalue weighted by molar-refractivity contribution is 0.190.